The maximum absolute atomic E-state index is 11.8. The Morgan fingerprint density at radius 1 is 1.21 bits per heavy atom. The van der Waals surface area contributed by atoms with Crippen LogP contribution in [0.4, 0.5) is 0 Å². The molecule has 0 saturated carbocycles. The van der Waals surface area contributed by atoms with Crippen molar-refractivity contribution in [2.45, 2.75) is 32.5 Å². The molecule has 0 fully saturated rings. The van der Waals surface area contributed by atoms with Gasteiger partial charge in [-0.3, -0.25) is 5.73 Å². The van der Waals surface area contributed by atoms with Crippen LogP contribution in [0.2, 0.25) is 0 Å². The topological polar surface area (TPSA) is 53.5 Å². The van der Waals surface area contributed by atoms with Gasteiger partial charge in [0, 0.05) is 5.56 Å². The van der Waals surface area contributed by atoms with E-state index in [-0.39, 0.29) is 10.6 Å². The van der Waals surface area contributed by atoms with E-state index in [2.05, 4.69) is 0 Å². The molecule has 0 aliphatic rings. The lowest BCUT2D eigenvalue weighted by Crippen LogP contribution is -3.16. The third-order valence-corrected chi connectivity index (χ3v) is 2.18. The normalized spacial score (nSPS) is 16.4. The van der Waals surface area contributed by atoms with Crippen LogP contribution in [0.15, 0.2) is 30.3 Å². The summed E-state index contributed by atoms with van der Waals surface area (Å²) in [6.07, 6.45) is -0.504. The van der Waals surface area contributed by atoms with Crippen LogP contribution in [-0.2, 0) is 0 Å². The number of quaternary nitrogens is 1. The number of benzene rings is 1. The van der Waals surface area contributed by atoms with E-state index in [4.69, 9.17) is 5.73 Å². The van der Waals surface area contributed by atoms with Gasteiger partial charge in [-0.1, -0.05) is 30.3 Å². The van der Waals surface area contributed by atoms with Gasteiger partial charge in [-0.05, 0) is 20.8 Å². The Balaban J connectivity index is 2.81. The molecule has 14 heavy (non-hydrogen) atoms. The minimum Gasteiger partial charge on any atom is -0.633 e. The molecule has 3 nitrogen and oxygen atoms in total. The highest BCUT2D eigenvalue weighted by molar-refractivity contribution is 5.16. The van der Waals surface area contributed by atoms with E-state index in [9.17, 15) is 5.21 Å². The SMILES string of the molecule is CC(C)(C)[NH+]([O-])C(N)c1ccccc1. The van der Waals surface area contributed by atoms with Crippen molar-refractivity contribution in [1.29, 1.82) is 0 Å². The summed E-state index contributed by atoms with van der Waals surface area (Å²) < 4.78 is 0. The highest BCUT2D eigenvalue weighted by Crippen LogP contribution is 2.06. The lowest BCUT2D eigenvalue weighted by Gasteiger charge is -2.39. The van der Waals surface area contributed by atoms with Gasteiger partial charge in [0.2, 0.25) is 0 Å². The predicted molar refractivity (Wildman–Crippen MR) is 57.5 cm³/mol. The van der Waals surface area contributed by atoms with Gasteiger partial charge in [-0.2, -0.15) is 0 Å². The van der Waals surface area contributed by atoms with Crippen molar-refractivity contribution in [2.75, 3.05) is 0 Å². The van der Waals surface area contributed by atoms with Crippen LogP contribution >= 0.6 is 0 Å². The summed E-state index contributed by atoms with van der Waals surface area (Å²) in [4.78, 5) is 0. The molecule has 0 saturated heterocycles. The van der Waals surface area contributed by atoms with E-state index in [1.165, 1.54) is 0 Å². The van der Waals surface area contributed by atoms with Crippen molar-refractivity contribution < 1.29 is 5.06 Å². The van der Waals surface area contributed by atoms with Crippen molar-refractivity contribution in [2.24, 2.45) is 5.73 Å². The third kappa shape index (κ3) is 2.54. The van der Waals surface area contributed by atoms with E-state index in [0.717, 1.165) is 5.56 Å². The van der Waals surface area contributed by atoms with E-state index in [1.54, 1.807) is 0 Å². The molecular weight excluding hydrogens is 176 g/mol. The first-order valence-electron chi connectivity index (χ1n) is 4.78. The summed E-state index contributed by atoms with van der Waals surface area (Å²) in [7, 11) is 0. The Labute approximate surface area is 85.1 Å². The third-order valence-electron chi connectivity index (χ3n) is 2.18. The maximum atomic E-state index is 11.8. The Morgan fingerprint density at radius 3 is 2.14 bits per heavy atom. The van der Waals surface area contributed by atoms with Gasteiger partial charge in [0.1, 0.15) is 0 Å². The smallest absolute Gasteiger partial charge is 0.165 e. The summed E-state index contributed by atoms with van der Waals surface area (Å²) in [5, 5.41) is 11.9. The molecule has 1 aromatic carbocycles. The molecule has 0 aliphatic carbocycles. The van der Waals surface area contributed by atoms with Crippen molar-refractivity contribution >= 4 is 0 Å². The molecule has 0 bridgehead atoms. The summed E-state index contributed by atoms with van der Waals surface area (Å²) >= 11 is 0. The van der Waals surface area contributed by atoms with E-state index in [0.29, 0.717) is 0 Å². The van der Waals surface area contributed by atoms with Crippen LogP contribution in [-0.4, -0.2) is 5.54 Å². The molecule has 2 unspecified atom stereocenters. The van der Waals surface area contributed by atoms with Gasteiger partial charge in [-0.25, -0.2) is 0 Å². The monoisotopic (exact) mass is 194 g/mol. The molecule has 0 amide bonds. The molecule has 0 heterocycles. The quantitative estimate of drug-likeness (QED) is 0.541. The van der Waals surface area contributed by atoms with E-state index in [1.807, 2.05) is 51.1 Å². The van der Waals surface area contributed by atoms with Crippen LogP contribution in [0.25, 0.3) is 0 Å². The Bertz CT molecular complexity index is 279. The summed E-state index contributed by atoms with van der Waals surface area (Å²) in [5.41, 5.74) is 6.38. The van der Waals surface area contributed by atoms with Crippen molar-refractivity contribution in [1.82, 2.24) is 0 Å². The zero-order valence-electron chi connectivity index (χ0n) is 8.95. The molecule has 0 aliphatic heterocycles. The standard InChI is InChI=1S/C11H18N2O/c1-11(2,3)13(14)10(12)9-7-5-4-6-8-9/h4-8,10,13H,12H2,1-3H3. The zero-order valence-corrected chi connectivity index (χ0v) is 8.95. The molecule has 0 radical (unpaired) electrons. The van der Waals surface area contributed by atoms with E-state index < -0.39 is 6.17 Å². The lowest BCUT2D eigenvalue weighted by molar-refractivity contribution is -0.929. The molecular formula is C11H18N2O. The number of rotatable bonds is 2. The average molecular weight is 194 g/mol. The Morgan fingerprint density at radius 2 is 1.71 bits per heavy atom. The van der Waals surface area contributed by atoms with Gasteiger partial charge in [0.15, 0.2) is 6.17 Å². The second kappa shape index (κ2) is 4.09. The maximum Gasteiger partial charge on any atom is 0.165 e. The minimum atomic E-state index is -0.504. The van der Waals surface area contributed by atoms with Gasteiger partial charge in [0.05, 0.1) is 5.54 Å². The molecule has 2 atom stereocenters. The highest BCUT2D eigenvalue weighted by Gasteiger charge is 2.24. The van der Waals surface area contributed by atoms with Gasteiger partial charge in [-0.15, -0.1) is 0 Å². The van der Waals surface area contributed by atoms with Crippen LogP contribution in [0.1, 0.15) is 32.5 Å². The van der Waals surface area contributed by atoms with Crippen molar-refractivity contribution in [3.63, 3.8) is 0 Å². The first kappa shape index (κ1) is 11.2. The van der Waals surface area contributed by atoms with Crippen LogP contribution < -0.4 is 10.8 Å². The first-order chi connectivity index (χ1) is 6.43. The minimum absolute atomic E-state index is 0.0729. The highest BCUT2D eigenvalue weighted by atomic mass is 16.5. The molecule has 3 N–H and O–H groups in total. The Kier molecular flexibility index (Phi) is 3.26. The number of hydroxylamine groups is 2. The molecule has 1 aromatic rings. The van der Waals surface area contributed by atoms with Crippen molar-refractivity contribution in [3.8, 4) is 0 Å². The van der Waals surface area contributed by atoms with Gasteiger partial charge >= 0.3 is 0 Å². The second-order valence-corrected chi connectivity index (χ2v) is 4.50. The van der Waals surface area contributed by atoms with Crippen LogP contribution in [0.3, 0.4) is 0 Å². The molecule has 1 rings (SSSR count). The van der Waals surface area contributed by atoms with Gasteiger partial charge < -0.3 is 10.3 Å². The van der Waals surface area contributed by atoms with Crippen LogP contribution in [0, 0.1) is 5.21 Å². The molecule has 0 spiro atoms. The number of hydrogen-bond acceptors (Lipinski definition) is 2. The van der Waals surface area contributed by atoms with Crippen molar-refractivity contribution in [3.05, 3.63) is 41.1 Å². The van der Waals surface area contributed by atoms with E-state index >= 15 is 0 Å². The van der Waals surface area contributed by atoms with Gasteiger partial charge in [0.25, 0.3) is 0 Å². The summed E-state index contributed by atoms with van der Waals surface area (Å²) in [6.45, 7) is 5.66. The zero-order chi connectivity index (χ0) is 10.8. The summed E-state index contributed by atoms with van der Waals surface area (Å²) in [5.74, 6) is 0. The number of nitrogens with two attached hydrogens (primary N) is 1. The fraction of sp³-hybridized carbons (Fsp3) is 0.455. The van der Waals surface area contributed by atoms with Crippen LogP contribution in [0.5, 0.6) is 0 Å². The fourth-order valence-corrected chi connectivity index (χ4v) is 1.28. The Hall–Kier alpha value is -0.900. The lowest BCUT2D eigenvalue weighted by atomic mass is 10.1. The largest absolute Gasteiger partial charge is 0.633 e. The fourth-order valence-electron chi connectivity index (χ4n) is 1.28. The summed E-state index contributed by atoms with van der Waals surface area (Å²) in [6, 6.07) is 9.47. The first-order valence-corrected chi connectivity index (χ1v) is 4.78. The molecule has 0 aromatic heterocycles. The molecule has 3 heteroatoms. The predicted octanol–water partition coefficient (Wildman–Crippen LogP) is 0.825. The number of hydrogen-bond donors (Lipinski definition) is 2. The second-order valence-electron chi connectivity index (χ2n) is 4.50. The molecule has 78 valence electrons. The number of nitrogens with one attached hydrogen (secondary N) is 1. The average Bonchev–Trinajstić information content (AvgIpc) is 2.15.